The number of benzene rings is 2. The van der Waals surface area contributed by atoms with E-state index in [1.807, 2.05) is 12.1 Å². The van der Waals surface area contributed by atoms with E-state index in [9.17, 15) is 10.1 Å². The molecule has 2 radical (unpaired) electrons. The molecule has 0 fully saturated rings. The Balaban J connectivity index is 0. The van der Waals surface area contributed by atoms with Gasteiger partial charge in [-0.05, 0) is 148 Å². The first-order valence-corrected chi connectivity index (χ1v) is 19.4. The van der Waals surface area contributed by atoms with Crippen molar-refractivity contribution in [3.8, 4) is 0 Å². The van der Waals surface area contributed by atoms with Crippen LogP contribution in [0.2, 0.25) is 0 Å². The zero-order valence-electron chi connectivity index (χ0n) is 12.1. The normalized spacial score (nSPS) is 9.08. The third kappa shape index (κ3) is 12.5. The van der Waals surface area contributed by atoms with Gasteiger partial charge in [-0.2, -0.15) is 0 Å². The predicted octanol–water partition coefficient (Wildman–Crippen LogP) is 7.91. The second kappa shape index (κ2) is 17.3. The first-order chi connectivity index (χ1) is 11.5. The van der Waals surface area contributed by atoms with Gasteiger partial charge in [-0.25, -0.2) is 0 Å². The first-order valence-electron chi connectivity index (χ1n) is 5.70. The molecule has 0 aliphatic carbocycles. The number of rotatable bonds is 1. The molecule has 14 heteroatoms. The van der Waals surface area contributed by atoms with E-state index in [4.69, 9.17) is 23.6 Å². The SMILES string of the molecule is Cl.Nc1cc(I)c(I)c(I)c1.O=[N+]([O-])c1cc(I)c(I)c(I)c1.[Cl][Sn][Cl]. The van der Waals surface area contributed by atoms with Crippen molar-refractivity contribution in [2.24, 2.45) is 0 Å². The summed E-state index contributed by atoms with van der Waals surface area (Å²) in [5, 5.41) is 10.4. The van der Waals surface area contributed by atoms with Crippen LogP contribution in [0.1, 0.15) is 0 Å². The number of nitrogens with two attached hydrogens (primary N) is 1. The molecule has 0 spiro atoms. The van der Waals surface area contributed by atoms with E-state index in [1.165, 1.54) is 10.7 Å². The van der Waals surface area contributed by atoms with Gasteiger partial charge in [0.05, 0.1) is 4.92 Å². The van der Waals surface area contributed by atoms with E-state index < -0.39 is 18.9 Å². The van der Waals surface area contributed by atoms with Crippen molar-refractivity contribution in [3.63, 3.8) is 0 Å². The summed E-state index contributed by atoms with van der Waals surface area (Å²) in [6, 6.07) is 7.10. The number of nitrogen functional groups attached to an aromatic ring is 1. The van der Waals surface area contributed by atoms with Gasteiger partial charge < -0.3 is 5.73 Å². The van der Waals surface area contributed by atoms with Gasteiger partial charge in [0.25, 0.3) is 5.69 Å². The number of hydrogen-bond donors (Lipinski definition) is 1. The van der Waals surface area contributed by atoms with E-state index in [2.05, 4.69) is 136 Å². The minimum absolute atomic E-state index is 0. The van der Waals surface area contributed by atoms with Crippen LogP contribution in [0.5, 0.6) is 0 Å². The van der Waals surface area contributed by atoms with E-state index >= 15 is 0 Å². The zero-order chi connectivity index (χ0) is 19.7. The Kier molecular flexibility index (Phi) is 21.2. The van der Waals surface area contributed by atoms with Gasteiger partial charge in [-0.15, -0.1) is 12.4 Å². The second-order valence-corrected chi connectivity index (χ2v) is 14.9. The summed E-state index contributed by atoms with van der Waals surface area (Å²) >= 11 is 12.4. The molecule has 0 aliphatic rings. The molecule has 0 aliphatic heterocycles. The molecule has 4 nitrogen and oxygen atoms in total. The van der Waals surface area contributed by atoms with Gasteiger partial charge in [0.1, 0.15) is 0 Å². The van der Waals surface area contributed by atoms with Crippen molar-refractivity contribution in [1.29, 1.82) is 0 Å². The predicted molar refractivity (Wildman–Crippen MR) is 165 cm³/mol. The van der Waals surface area contributed by atoms with Crippen LogP contribution in [-0.2, 0) is 0 Å². The standard InChI is InChI=1S/C6H2I3NO2.C6H4I3N.3ClH.Sn/c7-4-1-3(10(11)12)2-5(8)6(4)9;7-4-1-3(10)2-5(8)6(4)9;;;;/h1-2H;1-2H,10H2;3*1H;/q;;;;;+2/p-2. The summed E-state index contributed by atoms with van der Waals surface area (Å²) in [6.45, 7) is 0. The molecule has 2 aromatic carbocycles. The molecular weight excluding hydrogens is 1190 g/mol. The maximum absolute atomic E-state index is 10.4. The third-order valence-corrected chi connectivity index (χ3v) is 12.0. The van der Waals surface area contributed by atoms with Crippen molar-refractivity contribution in [2.75, 3.05) is 5.73 Å². The Hall–Kier alpha value is 3.69. The molecule has 0 atom stereocenters. The molecule has 0 aromatic heterocycles. The van der Waals surface area contributed by atoms with E-state index in [0.717, 1.165) is 16.4 Å². The Morgan fingerprint density at radius 3 is 1.38 bits per heavy atom. The Morgan fingerprint density at radius 1 is 0.846 bits per heavy atom. The Labute approximate surface area is 257 Å². The van der Waals surface area contributed by atoms with Crippen LogP contribution in [0, 0.1) is 31.5 Å². The summed E-state index contributed by atoms with van der Waals surface area (Å²) in [6.07, 6.45) is 0. The number of hydrogen-bond acceptors (Lipinski definition) is 3. The third-order valence-electron chi connectivity index (χ3n) is 2.19. The molecule has 2 aromatic rings. The van der Waals surface area contributed by atoms with Gasteiger partial charge in [0, 0.05) is 39.2 Å². The minimum atomic E-state index is -0.826. The maximum atomic E-state index is 10.4. The molecule has 144 valence electrons. The number of nitrogens with zero attached hydrogens (tertiary/aromatic N) is 1. The summed E-state index contributed by atoms with van der Waals surface area (Å²) in [4.78, 5) is 10.0. The van der Waals surface area contributed by atoms with Gasteiger partial charge in [0.15, 0.2) is 0 Å². The van der Waals surface area contributed by atoms with Gasteiger partial charge in [0.2, 0.25) is 0 Å². The van der Waals surface area contributed by atoms with Crippen molar-refractivity contribution in [1.82, 2.24) is 0 Å². The van der Waals surface area contributed by atoms with Crippen molar-refractivity contribution in [3.05, 3.63) is 55.8 Å². The second-order valence-electron chi connectivity index (χ2n) is 3.85. The molecule has 0 saturated carbocycles. The van der Waals surface area contributed by atoms with Crippen LogP contribution in [0.25, 0.3) is 0 Å². The van der Waals surface area contributed by atoms with E-state index in [-0.39, 0.29) is 23.0 Å². The summed E-state index contributed by atoms with van der Waals surface area (Å²) < 4.78 is 6.65. The van der Waals surface area contributed by atoms with E-state index in [0.29, 0.717) is 0 Å². The average molecular weight is 1200 g/mol. The fourth-order valence-corrected chi connectivity index (χ4v) is 5.40. The first kappa shape index (κ1) is 31.9. The van der Waals surface area contributed by atoms with Crippen LogP contribution >= 0.6 is 166 Å². The van der Waals surface area contributed by atoms with Gasteiger partial charge in [-0.3, -0.25) is 10.1 Å². The topological polar surface area (TPSA) is 69.2 Å². The molecule has 0 saturated heterocycles. The molecule has 2 N–H and O–H groups in total. The van der Waals surface area contributed by atoms with Gasteiger partial charge in [-0.1, -0.05) is 0 Å². The fraction of sp³-hybridized carbons (Fsp3) is 0. The Morgan fingerprint density at radius 2 is 1.12 bits per heavy atom. The zero-order valence-corrected chi connectivity index (χ0v) is 30.2. The van der Waals surface area contributed by atoms with Gasteiger partial charge >= 0.3 is 36.7 Å². The quantitative estimate of drug-likeness (QED) is 0.0790. The molecule has 26 heavy (non-hydrogen) atoms. The number of non-ortho nitro benzene ring substituents is 1. The van der Waals surface area contributed by atoms with Crippen LogP contribution in [0.4, 0.5) is 11.4 Å². The average Bonchev–Trinajstić information content (AvgIpc) is 2.51. The van der Waals surface area contributed by atoms with Crippen LogP contribution in [-0.4, -0.2) is 23.8 Å². The number of anilines is 1. The van der Waals surface area contributed by atoms with Crippen molar-refractivity contribution >= 4 is 196 Å². The molecular formula is C12H7Cl3I6N2O2Sn. The van der Waals surface area contributed by atoms with Crippen molar-refractivity contribution in [2.45, 2.75) is 0 Å². The molecule has 0 unspecified atom stereocenters. The fourth-order valence-electron chi connectivity index (χ4n) is 1.22. The van der Waals surface area contributed by atoms with Crippen LogP contribution in [0.15, 0.2) is 24.3 Å². The summed E-state index contributed by atoms with van der Waals surface area (Å²) in [5.41, 5.74) is 6.61. The summed E-state index contributed by atoms with van der Waals surface area (Å²) in [5.74, 6) is 0. The number of nitro benzene ring substituents is 1. The van der Waals surface area contributed by atoms with Crippen LogP contribution < -0.4 is 5.73 Å². The molecule has 0 amide bonds. The van der Waals surface area contributed by atoms with E-state index in [1.54, 1.807) is 12.1 Å². The monoisotopic (exact) mass is 1200 g/mol. The Bertz CT molecular complexity index is 711. The number of nitro groups is 1. The number of halogens is 9. The molecule has 0 bridgehead atoms. The van der Waals surface area contributed by atoms with Crippen molar-refractivity contribution < 1.29 is 4.92 Å². The van der Waals surface area contributed by atoms with Crippen LogP contribution in [0.3, 0.4) is 0 Å². The summed E-state index contributed by atoms with van der Waals surface area (Å²) in [7, 11) is 9.87. The molecule has 2 rings (SSSR count). The molecule has 0 heterocycles.